The number of hydrogen-bond acceptors (Lipinski definition) is 3. The number of carbonyl (C=O) groups is 1. The summed E-state index contributed by atoms with van der Waals surface area (Å²) >= 11 is 0. The average Bonchev–Trinajstić information content (AvgIpc) is 2.96. The molecule has 0 unspecified atom stereocenters. The Morgan fingerprint density at radius 3 is 2.72 bits per heavy atom. The first kappa shape index (κ1) is 16.7. The van der Waals surface area contributed by atoms with E-state index in [-0.39, 0.29) is 5.95 Å². The Bertz CT molecular complexity index is 927. The maximum atomic E-state index is 12.8. The van der Waals surface area contributed by atoms with Gasteiger partial charge in [0.05, 0.1) is 5.56 Å². The normalized spacial score (nSPS) is 12.4. The van der Waals surface area contributed by atoms with E-state index in [1.54, 1.807) is 31.3 Å². The molecule has 0 saturated heterocycles. The van der Waals surface area contributed by atoms with E-state index in [0.717, 1.165) is 12.1 Å². The molecule has 3 aromatic rings. The van der Waals surface area contributed by atoms with E-state index < -0.39 is 17.6 Å². The summed E-state index contributed by atoms with van der Waals surface area (Å²) < 4.78 is 39.8. The third-order valence-corrected chi connectivity index (χ3v) is 3.47. The number of allylic oxidation sites excluding steroid dienone is 1. The average molecular weight is 346 g/mol. The lowest BCUT2D eigenvalue weighted by Crippen LogP contribution is -2.10. The van der Waals surface area contributed by atoms with E-state index >= 15 is 0 Å². The van der Waals surface area contributed by atoms with Gasteiger partial charge in [0, 0.05) is 12.3 Å². The third kappa shape index (κ3) is 3.85. The summed E-state index contributed by atoms with van der Waals surface area (Å²) in [6, 6.07) is 10.1. The Morgan fingerprint density at radius 2 is 2.00 bits per heavy atom. The number of rotatable bonds is 3. The number of nitrogens with one attached hydrogen (secondary N) is 1. The van der Waals surface area contributed by atoms with Crippen LogP contribution in [0.15, 0.2) is 54.7 Å². The molecule has 1 aromatic carbocycles. The molecule has 0 spiro atoms. The van der Waals surface area contributed by atoms with Crippen molar-refractivity contribution >= 4 is 23.1 Å². The molecule has 0 bridgehead atoms. The molecule has 128 valence electrons. The second kappa shape index (κ2) is 6.39. The molecule has 0 atom stereocenters. The number of benzene rings is 1. The van der Waals surface area contributed by atoms with E-state index in [9.17, 15) is 18.0 Å². The number of amides is 1. The molecule has 5 nitrogen and oxygen atoms in total. The lowest BCUT2D eigenvalue weighted by Gasteiger charge is -2.09. The van der Waals surface area contributed by atoms with E-state index in [1.165, 1.54) is 22.7 Å². The molecule has 8 heteroatoms. The summed E-state index contributed by atoms with van der Waals surface area (Å²) in [5.74, 6) is -0.407. The second-order valence-corrected chi connectivity index (χ2v) is 5.33. The summed E-state index contributed by atoms with van der Waals surface area (Å²) in [6.07, 6.45) is -1.54. The summed E-state index contributed by atoms with van der Waals surface area (Å²) in [5, 5.41) is 6.57. The fourth-order valence-electron chi connectivity index (χ4n) is 2.25. The van der Waals surface area contributed by atoms with Gasteiger partial charge in [-0.2, -0.15) is 18.2 Å². The SMILES string of the molecule is C/C(=C\C(=O)Nc1nc2ccccn2n1)c1cccc(C(F)(F)F)c1. The van der Waals surface area contributed by atoms with Gasteiger partial charge in [-0.3, -0.25) is 10.1 Å². The van der Waals surface area contributed by atoms with Crippen molar-refractivity contribution in [2.45, 2.75) is 13.1 Å². The van der Waals surface area contributed by atoms with Crippen LogP contribution in [0, 0.1) is 0 Å². The Morgan fingerprint density at radius 1 is 1.20 bits per heavy atom. The molecular formula is C17H13F3N4O. The van der Waals surface area contributed by atoms with Crippen molar-refractivity contribution in [1.29, 1.82) is 0 Å². The van der Waals surface area contributed by atoms with Crippen molar-refractivity contribution in [2.75, 3.05) is 5.32 Å². The molecule has 0 aliphatic carbocycles. The zero-order chi connectivity index (χ0) is 18.0. The molecule has 3 rings (SSSR count). The van der Waals surface area contributed by atoms with Gasteiger partial charge in [-0.05, 0) is 42.3 Å². The van der Waals surface area contributed by atoms with Gasteiger partial charge in [-0.25, -0.2) is 4.52 Å². The number of halogens is 3. The Balaban J connectivity index is 1.78. The molecule has 0 fully saturated rings. The van der Waals surface area contributed by atoms with Gasteiger partial charge in [0.25, 0.3) is 5.91 Å². The zero-order valence-electron chi connectivity index (χ0n) is 13.1. The number of fused-ring (bicyclic) bond motifs is 1. The summed E-state index contributed by atoms with van der Waals surface area (Å²) in [5.41, 5.74) is 0.511. The van der Waals surface area contributed by atoms with Crippen LogP contribution in [-0.2, 0) is 11.0 Å². The molecule has 0 saturated carbocycles. The number of aromatic nitrogens is 3. The standard InChI is InChI=1S/C17H13F3N4O/c1-11(12-5-4-6-13(10-12)17(18,19)20)9-15(25)22-16-21-14-7-2-3-8-24(14)23-16/h2-10H,1H3,(H,22,23,25)/b11-9+. The summed E-state index contributed by atoms with van der Waals surface area (Å²) in [4.78, 5) is 16.2. The van der Waals surface area contributed by atoms with Crippen LogP contribution in [-0.4, -0.2) is 20.5 Å². The summed E-state index contributed by atoms with van der Waals surface area (Å²) in [7, 11) is 0. The second-order valence-electron chi connectivity index (χ2n) is 5.33. The van der Waals surface area contributed by atoms with E-state index in [4.69, 9.17) is 0 Å². The smallest absolute Gasteiger partial charge is 0.290 e. The predicted molar refractivity (Wildman–Crippen MR) is 86.7 cm³/mol. The van der Waals surface area contributed by atoms with Gasteiger partial charge >= 0.3 is 6.18 Å². The van der Waals surface area contributed by atoms with Gasteiger partial charge < -0.3 is 0 Å². The van der Waals surface area contributed by atoms with E-state index in [0.29, 0.717) is 16.8 Å². The van der Waals surface area contributed by atoms with Gasteiger partial charge in [-0.1, -0.05) is 18.2 Å². The number of anilines is 1. The highest BCUT2D eigenvalue weighted by Crippen LogP contribution is 2.30. The molecule has 0 radical (unpaired) electrons. The lowest BCUT2D eigenvalue weighted by atomic mass is 10.0. The van der Waals surface area contributed by atoms with Crippen LogP contribution in [0.25, 0.3) is 11.2 Å². The molecule has 1 amide bonds. The monoisotopic (exact) mass is 346 g/mol. The first-order chi connectivity index (χ1) is 11.8. The fourth-order valence-corrected chi connectivity index (χ4v) is 2.25. The molecule has 25 heavy (non-hydrogen) atoms. The van der Waals surface area contributed by atoms with Crippen LogP contribution in [0.5, 0.6) is 0 Å². The summed E-state index contributed by atoms with van der Waals surface area (Å²) in [6.45, 7) is 1.56. The Hall–Kier alpha value is -3.16. The van der Waals surface area contributed by atoms with Gasteiger partial charge in [0.15, 0.2) is 5.65 Å². The molecule has 2 aromatic heterocycles. The van der Waals surface area contributed by atoms with Crippen LogP contribution in [0.1, 0.15) is 18.1 Å². The molecular weight excluding hydrogens is 333 g/mol. The molecule has 0 aliphatic heterocycles. The lowest BCUT2D eigenvalue weighted by molar-refractivity contribution is -0.137. The van der Waals surface area contributed by atoms with Crippen molar-refractivity contribution in [2.24, 2.45) is 0 Å². The highest BCUT2D eigenvalue weighted by Gasteiger charge is 2.30. The highest BCUT2D eigenvalue weighted by atomic mass is 19.4. The first-order valence-electron chi connectivity index (χ1n) is 7.31. The number of carbonyl (C=O) groups excluding carboxylic acids is 1. The van der Waals surface area contributed by atoms with E-state index in [1.807, 2.05) is 0 Å². The fraction of sp³-hybridized carbons (Fsp3) is 0.118. The molecule has 0 aliphatic rings. The molecule has 1 N–H and O–H groups in total. The maximum Gasteiger partial charge on any atom is 0.416 e. The van der Waals surface area contributed by atoms with Crippen molar-refractivity contribution in [3.63, 3.8) is 0 Å². The predicted octanol–water partition coefficient (Wildman–Crippen LogP) is 3.79. The van der Waals surface area contributed by atoms with Crippen molar-refractivity contribution in [1.82, 2.24) is 14.6 Å². The first-order valence-corrected chi connectivity index (χ1v) is 7.31. The number of nitrogens with zero attached hydrogens (tertiary/aromatic N) is 3. The van der Waals surface area contributed by atoms with E-state index in [2.05, 4.69) is 15.4 Å². The van der Waals surface area contributed by atoms with Gasteiger partial charge in [-0.15, -0.1) is 5.10 Å². The minimum absolute atomic E-state index is 0.115. The van der Waals surface area contributed by atoms with Crippen LogP contribution in [0.3, 0.4) is 0 Å². The quantitative estimate of drug-likeness (QED) is 0.734. The van der Waals surface area contributed by atoms with Crippen molar-refractivity contribution in [3.05, 3.63) is 65.9 Å². The number of pyridine rings is 1. The number of hydrogen-bond donors (Lipinski definition) is 1. The highest BCUT2D eigenvalue weighted by molar-refractivity contribution is 6.03. The number of alkyl halides is 3. The van der Waals surface area contributed by atoms with Crippen LogP contribution < -0.4 is 5.32 Å². The van der Waals surface area contributed by atoms with Crippen molar-refractivity contribution in [3.8, 4) is 0 Å². The van der Waals surface area contributed by atoms with Crippen LogP contribution >= 0.6 is 0 Å². The van der Waals surface area contributed by atoms with Gasteiger partial charge in [0.2, 0.25) is 5.95 Å². The van der Waals surface area contributed by atoms with Crippen LogP contribution in [0.4, 0.5) is 19.1 Å². The third-order valence-electron chi connectivity index (χ3n) is 3.47. The largest absolute Gasteiger partial charge is 0.416 e. The van der Waals surface area contributed by atoms with Crippen molar-refractivity contribution < 1.29 is 18.0 Å². The molecule has 2 heterocycles. The van der Waals surface area contributed by atoms with Crippen LogP contribution in [0.2, 0.25) is 0 Å². The van der Waals surface area contributed by atoms with Gasteiger partial charge in [0.1, 0.15) is 0 Å². The minimum atomic E-state index is -4.43. The maximum absolute atomic E-state index is 12.8. The Kier molecular flexibility index (Phi) is 4.26. The topological polar surface area (TPSA) is 59.3 Å². The minimum Gasteiger partial charge on any atom is -0.290 e. The zero-order valence-corrected chi connectivity index (χ0v) is 13.1. The Labute approximate surface area is 140 Å².